The van der Waals surface area contributed by atoms with Gasteiger partial charge in [-0.25, -0.2) is 4.98 Å². The number of aromatic nitrogens is 2. The summed E-state index contributed by atoms with van der Waals surface area (Å²) in [4.78, 5) is 18.3. The molecule has 4 nitrogen and oxygen atoms in total. The molecule has 0 radical (unpaired) electrons. The summed E-state index contributed by atoms with van der Waals surface area (Å²) in [6.07, 6.45) is -0.251. The van der Waals surface area contributed by atoms with Gasteiger partial charge in [-0.2, -0.15) is 13.2 Å². The summed E-state index contributed by atoms with van der Waals surface area (Å²) >= 11 is 0. The Bertz CT molecular complexity index is 1040. The number of carbonyl (C=O) groups excluding carboxylic acids is 1. The van der Waals surface area contributed by atoms with Gasteiger partial charge in [0.25, 0.3) is 0 Å². The molecule has 0 unspecified atom stereocenters. The van der Waals surface area contributed by atoms with Crippen LogP contribution >= 0.6 is 0 Å². The number of amides is 1. The Morgan fingerprint density at radius 1 is 1.00 bits per heavy atom. The molecule has 0 saturated carbocycles. The van der Waals surface area contributed by atoms with Crippen molar-refractivity contribution in [2.45, 2.75) is 38.5 Å². The Hall–Kier alpha value is -3.09. The number of benzene rings is 2. The van der Waals surface area contributed by atoms with Crippen molar-refractivity contribution in [2.75, 3.05) is 6.54 Å². The molecule has 0 bridgehead atoms. The van der Waals surface area contributed by atoms with E-state index in [1.165, 1.54) is 6.07 Å². The molecule has 2 aromatic carbocycles. The van der Waals surface area contributed by atoms with Gasteiger partial charge in [0.2, 0.25) is 5.91 Å². The molecule has 3 aromatic rings. The Morgan fingerprint density at radius 2 is 1.77 bits per heavy atom. The highest BCUT2D eigenvalue weighted by Gasteiger charge is 2.27. The van der Waals surface area contributed by atoms with Crippen LogP contribution in [0.25, 0.3) is 11.4 Å². The smallest absolute Gasteiger partial charge is 0.338 e. The molecule has 156 valence electrons. The van der Waals surface area contributed by atoms with Gasteiger partial charge >= 0.3 is 6.18 Å². The number of halogens is 3. The van der Waals surface area contributed by atoms with Crippen LogP contribution < -0.4 is 0 Å². The molecule has 1 amide bonds. The van der Waals surface area contributed by atoms with Gasteiger partial charge in [0.1, 0.15) is 5.82 Å². The van der Waals surface area contributed by atoms with Crippen molar-refractivity contribution in [2.24, 2.45) is 0 Å². The number of hydrogen-bond donors (Lipinski definition) is 0. The van der Waals surface area contributed by atoms with Crippen molar-refractivity contribution in [3.05, 3.63) is 77.6 Å². The molecule has 1 aliphatic heterocycles. The largest absolute Gasteiger partial charge is 0.393 e. The maximum Gasteiger partial charge on any atom is 0.393 e. The maximum absolute atomic E-state index is 12.8. The minimum absolute atomic E-state index is 0.176. The maximum atomic E-state index is 12.8. The zero-order valence-corrected chi connectivity index (χ0v) is 16.4. The highest BCUT2D eigenvalue weighted by Crippen LogP contribution is 2.26. The number of hydrogen-bond acceptors (Lipinski definition) is 2. The van der Waals surface area contributed by atoms with Crippen molar-refractivity contribution in [1.82, 2.24) is 14.5 Å². The second kappa shape index (κ2) is 8.34. The van der Waals surface area contributed by atoms with E-state index in [1.54, 1.807) is 24.4 Å². The first-order valence-corrected chi connectivity index (χ1v) is 9.91. The Balaban J connectivity index is 1.58. The summed E-state index contributed by atoms with van der Waals surface area (Å²) in [5, 5.41) is 0. The highest BCUT2D eigenvalue weighted by molar-refractivity contribution is 5.78. The SMILES string of the molecule is O=C1CCCN1Cc1ccccc1Cn1ccnc1-c1cccc(CC(F)(F)F)c1. The van der Waals surface area contributed by atoms with Gasteiger partial charge in [0, 0.05) is 44.0 Å². The van der Waals surface area contributed by atoms with Crippen molar-refractivity contribution in [1.29, 1.82) is 0 Å². The van der Waals surface area contributed by atoms with Gasteiger partial charge < -0.3 is 9.47 Å². The zero-order chi connectivity index (χ0) is 21.1. The lowest BCUT2D eigenvalue weighted by atomic mass is 10.1. The Morgan fingerprint density at radius 3 is 2.47 bits per heavy atom. The Labute approximate surface area is 173 Å². The molecule has 30 heavy (non-hydrogen) atoms. The van der Waals surface area contributed by atoms with E-state index in [4.69, 9.17) is 0 Å². The number of nitrogens with zero attached hydrogens (tertiary/aromatic N) is 3. The second-order valence-electron chi connectivity index (χ2n) is 7.56. The summed E-state index contributed by atoms with van der Waals surface area (Å²) in [7, 11) is 0. The number of likely N-dealkylation sites (tertiary alicyclic amines) is 1. The molecule has 0 atom stereocenters. The lowest BCUT2D eigenvalue weighted by Crippen LogP contribution is -2.24. The van der Waals surface area contributed by atoms with E-state index in [0.717, 1.165) is 24.1 Å². The number of imidazole rings is 1. The third-order valence-corrected chi connectivity index (χ3v) is 5.30. The summed E-state index contributed by atoms with van der Waals surface area (Å²) in [5.41, 5.74) is 2.98. The van der Waals surface area contributed by atoms with Crippen LogP contribution in [0, 0.1) is 0 Å². The monoisotopic (exact) mass is 413 g/mol. The minimum Gasteiger partial charge on any atom is -0.338 e. The van der Waals surface area contributed by atoms with Gasteiger partial charge in [-0.05, 0) is 29.2 Å². The van der Waals surface area contributed by atoms with Gasteiger partial charge in [-0.15, -0.1) is 0 Å². The molecule has 1 saturated heterocycles. The first kappa shape index (κ1) is 20.2. The fourth-order valence-corrected chi connectivity index (χ4v) is 3.88. The molecule has 0 spiro atoms. The van der Waals surface area contributed by atoms with Gasteiger partial charge in [0.05, 0.1) is 6.42 Å². The molecule has 1 fully saturated rings. The second-order valence-corrected chi connectivity index (χ2v) is 7.56. The lowest BCUT2D eigenvalue weighted by Gasteiger charge is -2.19. The zero-order valence-electron chi connectivity index (χ0n) is 16.4. The van der Waals surface area contributed by atoms with Crippen LogP contribution in [0.4, 0.5) is 13.2 Å². The van der Waals surface area contributed by atoms with E-state index in [9.17, 15) is 18.0 Å². The predicted molar refractivity (Wildman–Crippen MR) is 108 cm³/mol. The number of alkyl halides is 3. The van der Waals surface area contributed by atoms with Crippen LogP contribution in [-0.4, -0.2) is 33.1 Å². The molecular weight excluding hydrogens is 391 g/mol. The van der Waals surface area contributed by atoms with E-state index in [-0.39, 0.29) is 11.5 Å². The fourth-order valence-electron chi connectivity index (χ4n) is 3.88. The molecule has 1 aromatic heterocycles. The summed E-state index contributed by atoms with van der Waals surface area (Å²) in [6, 6.07) is 14.4. The highest BCUT2D eigenvalue weighted by atomic mass is 19.4. The van der Waals surface area contributed by atoms with E-state index in [2.05, 4.69) is 4.98 Å². The van der Waals surface area contributed by atoms with Crippen LogP contribution in [0.1, 0.15) is 29.5 Å². The number of rotatable bonds is 6. The molecule has 4 rings (SSSR count). The summed E-state index contributed by atoms with van der Waals surface area (Å²) < 4.78 is 40.2. The summed E-state index contributed by atoms with van der Waals surface area (Å²) in [5.74, 6) is 0.792. The van der Waals surface area contributed by atoms with Crippen LogP contribution in [-0.2, 0) is 24.3 Å². The van der Waals surface area contributed by atoms with Gasteiger partial charge in [-0.1, -0.05) is 42.5 Å². The Kier molecular flexibility index (Phi) is 5.61. The van der Waals surface area contributed by atoms with Crippen LogP contribution in [0.3, 0.4) is 0 Å². The quantitative estimate of drug-likeness (QED) is 0.581. The van der Waals surface area contributed by atoms with Crippen molar-refractivity contribution in [3.63, 3.8) is 0 Å². The lowest BCUT2D eigenvalue weighted by molar-refractivity contribution is -0.128. The third kappa shape index (κ3) is 4.72. The fraction of sp³-hybridized carbons (Fsp3) is 0.304. The normalized spacial score (nSPS) is 14.5. The van der Waals surface area contributed by atoms with Crippen LogP contribution in [0.5, 0.6) is 0 Å². The van der Waals surface area contributed by atoms with E-state index < -0.39 is 12.6 Å². The van der Waals surface area contributed by atoms with Crippen molar-refractivity contribution < 1.29 is 18.0 Å². The average molecular weight is 413 g/mol. The standard InChI is InChI=1S/C23H22F3N3O/c24-23(25,26)14-17-5-3-8-18(13-17)22-27-10-12-29(22)16-20-7-2-1-6-19(20)15-28-11-4-9-21(28)30/h1-3,5-8,10,12-13H,4,9,11,14-16H2. The summed E-state index contributed by atoms with van der Waals surface area (Å²) in [6.45, 7) is 1.87. The minimum atomic E-state index is -4.25. The van der Waals surface area contributed by atoms with E-state index >= 15 is 0 Å². The average Bonchev–Trinajstić information content (AvgIpc) is 3.31. The molecular formula is C23H22F3N3O. The predicted octanol–water partition coefficient (Wildman–Crippen LogP) is 4.83. The van der Waals surface area contributed by atoms with Gasteiger partial charge in [-0.3, -0.25) is 4.79 Å². The van der Waals surface area contributed by atoms with Crippen LogP contribution in [0.15, 0.2) is 60.9 Å². The van der Waals surface area contributed by atoms with E-state index in [0.29, 0.717) is 30.9 Å². The first-order chi connectivity index (χ1) is 14.4. The molecule has 0 aliphatic carbocycles. The molecule has 2 heterocycles. The van der Waals surface area contributed by atoms with Crippen LogP contribution in [0.2, 0.25) is 0 Å². The third-order valence-electron chi connectivity index (χ3n) is 5.30. The topological polar surface area (TPSA) is 38.1 Å². The molecule has 7 heteroatoms. The number of carbonyl (C=O) groups is 1. The van der Waals surface area contributed by atoms with Crippen molar-refractivity contribution in [3.8, 4) is 11.4 Å². The van der Waals surface area contributed by atoms with Gasteiger partial charge in [0.15, 0.2) is 0 Å². The molecule has 1 aliphatic rings. The van der Waals surface area contributed by atoms with Crippen molar-refractivity contribution >= 4 is 5.91 Å². The molecule has 0 N–H and O–H groups in total. The van der Waals surface area contributed by atoms with E-state index in [1.807, 2.05) is 39.9 Å². The first-order valence-electron chi connectivity index (χ1n) is 9.91.